The first kappa shape index (κ1) is 13.3. The Morgan fingerprint density at radius 2 is 2.00 bits per heavy atom. The van der Waals surface area contributed by atoms with Gasteiger partial charge in [0, 0.05) is 11.9 Å². The van der Waals surface area contributed by atoms with E-state index < -0.39 is 23.1 Å². The van der Waals surface area contributed by atoms with E-state index in [1.807, 2.05) is 0 Å². The number of alkyl halides is 1. The summed E-state index contributed by atoms with van der Waals surface area (Å²) < 4.78 is 26.7. The molecule has 1 aromatic carbocycles. The Labute approximate surface area is 109 Å². The number of hydrogen-bond acceptors (Lipinski definition) is 1. The molecule has 0 spiro atoms. The van der Waals surface area contributed by atoms with Gasteiger partial charge in [-0.25, -0.2) is 8.78 Å². The minimum Gasteiger partial charge on any atom is -0.352 e. The molecule has 2 nitrogen and oxygen atoms in total. The number of amides is 1. The average Bonchev–Trinajstić information content (AvgIpc) is 2.72. The zero-order chi connectivity index (χ0) is 13.1. The van der Waals surface area contributed by atoms with Crippen LogP contribution in [0.25, 0.3) is 0 Å². The lowest BCUT2D eigenvalue weighted by atomic mass is 10.1. The Balaban J connectivity index is 1.99. The van der Waals surface area contributed by atoms with Crippen LogP contribution in [-0.2, 0) is 0 Å². The fourth-order valence-electron chi connectivity index (χ4n) is 2.25. The van der Waals surface area contributed by atoms with Crippen LogP contribution in [0.3, 0.4) is 0 Å². The van der Waals surface area contributed by atoms with Gasteiger partial charge in [-0.1, -0.05) is 12.5 Å². The number of carbonyl (C=O) groups excluding carboxylic acids is 1. The SMILES string of the molecule is O=C(NCC1CCCC1Cl)c1c(F)cccc1F. The maximum Gasteiger partial charge on any atom is 0.257 e. The molecule has 1 N–H and O–H groups in total. The second-order valence-corrected chi connectivity index (χ2v) is 5.07. The van der Waals surface area contributed by atoms with E-state index >= 15 is 0 Å². The van der Waals surface area contributed by atoms with Crippen molar-refractivity contribution in [2.24, 2.45) is 5.92 Å². The van der Waals surface area contributed by atoms with Gasteiger partial charge in [-0.15, -0.1) is 11.6 Å². The molecule has 2 unspecified atom stereocenters. The lowest BCUT2D eigenvalue weighted by molar-refractivity contribution is 0.0939. The van der Waals surface area contributed by atoms with Gasteiger partial charge in [0.15, 0.2) is 0 Å². The van der Waals surface area contributed by atoms with Gasteiger partial charge >= 0.3 is 0 Å². The van der Waals surface area contributed by atoms with Gasteiger partial charge in [0.2, 0.25) is 0 Å². The number of rotatable bonds is 3. The van der Waals surface area contributed by atoms with Gasteiger partial charge in [0.25, 0.3) is 5.91 Å². The summed E-state index contributed by atoms with van der Waals surface area (Å²) in [4.78, 5) is 11.7. The molecule has 0 heterocycles. The molecule has 1 saturated carbocycles. The molecular formula is C13H14ClF2NO. The second kappa shape index (κ2) is 5.65. The molecule has 1 amide bonds. The molecule has 2 atom stereocenters. The summed E-state index contributed by atoms with van der Waals surface area (Å²) in [6.07, 6.45) is 2.90. The monoisotopic (exact) mass is 273 g/mol. The molecule has 98 valence electrons. The van der Waals surface area contributed by atoms with Gasteiger partial charge < -0.3 is 5.32 Å². The molecule has 5 heteroatoms. The van der Waals surface area contributed by atoms with Crippen molar-refractivity contribution in [3.8, 4) is 0 Å². The second-order valence-electron chi connectivity index (χ2n) is 4.51. The summed E-state index contributed by atoms with van der Waals surface area (Å²) in [6, 6.07) is 3.36. The standard InChI is InChI=1S/C13H14ClF2NO/c14-9-4-1-3-8(9)7-17-13(18)12-10(15)5-2-6-11(12)16/h2,5-6,8-9H,1,3-4,7H2,(H,17,18). The van der Waals surface area contributed by atoms with Crippen molar-refractivity contribution in [3.05, 3.63) is 35.4 Å². The number of nitrogens with one attached hydrogen (secondary N) is 1. The van der Waals surface area contributed by atoms with Gasteiger partial charge in [-0.3, -0.25) is 4.79 Å². The Bertz CT molecular complexity index is 432. The molecule has 18 heavy (non-hydrogen) atoms. The van der Waals surface area contributed by atoms with Crippen molar-refractivity contribution < 1.29 is 13.6 Å². The Morgan fingerprint density at radius 1 is 1.33 bits per heavy atom. The molecule has 0 aromatic heterocycles. The summed E-state index contributed by atoms with van der Waals surface area (Å²) in [6.45, 7) is 0.362. The molecule has 1 fully saturated rings. The van der Waals surface area contributed by atoms with Crippen molar-refractivity contribution in [3.63, 3.8) is 0 Å². The normalized spacial score (nSPS) is 23.1. The van der Waals surface area contributed by atoms with Crippen molar-refractivity contribution in [2.45, 2.75) is 24.6 Å². The lowest BCUT2D eigenvalue weighted by Gasteiger charge is -2.14. The van der Waals surface area contributed by atoms with Crippen molar-refractivity contribution in [2.75, 3.05) is 6.54 Å². The van der Waals surface area contributed by atoms with Crippen LogP contribution in [-0.4, -0.2) is 17.8 Å². The molecule has 0 aliphatic heterocycles. The van der Waals surface area contributed by atoms with Gasteiger partial charge in [0.1, 0.15) is 17.2 Å². The molecule has 1 aliphatic rings. The van der Waals surface area contributed by atoms with Crippen LogP contribution in [0.2, 0.25) is 0 Å². The third-order valence-electron chi connectivity index (χ3n) is 3.28. The first-order valence-corrected chi connectivity index (χ1v) is 6.39. The highest BCUT2D eigenvalue weighted by Gasteiger charge is 2.26. The van der Waals surface area contributed by atoms with Gasteiger partial charge in [0.05, 0.1) is 0 Å². The summed E-state index contributed by atoms with van der Waals surface area (Å²) in [5.41, 5.74) is -0.526. The van der Waals surface area contributed by atoms with E-state index in [9.17, 15) is 13.6 Å². The largest absolute Gasteiger partial charge is 0.352 e. The quantitative estimate of drug-likeness (QED) is 0.843. The lowest BCUT2D eigenvalue weighted by Crippen LogP contribution is -2.32. The zero-order valence-electron chi connectivity index (χ0n) is 9.76. The van der Waals surface area contributed by atoms with E-state index in [4.69, 9.17) is 11.6 Å². The van der Waals surface area contributed by atoms with Crippen LogP contribution in [0.15, 0.2) is 18.2 Å². The Hall–Kier alpha value is -1.16. The molecule has 1 aliphatic carbocycles. The fraction of sp³-hybridized carbons (Fsp3) is 0.462. The van der Waals surface area contributed by atoms with E-state index in [1.165, 1.54) is 6.07 Å². The van der Waals surface area contributed by atoms with Crippen LogP contribution in [0.1, 0.15) is 29.6 Å². The van der Waals surface area contributed by atoms with Crippen LogP contribution >= 0.6 is 11.6 Å². The summed E-state index contributed by atoms with van der Waals surface area (Å²) in [7, 11) is 0. The van der Waals surface area contributed by atoms with Crippen LogP contribution < -0.4 is 5.32 Å². The number of halogens is 3. The minimum absolute atomic E-state index is 0.0377. The fourth-order valence-corrected chi connectivity index (χ4v) is 2.62. The van der Waals surface area contributed by atoms with Crippen molar-refractivity contribution in [1.29, 1.82) is 0 Å². The zero-order valence-corrected chi connectivity index (χ0v) is 10.5. The molecule has 0 radical (unpaired) electrons. The molecule has 0 bridgehead atoms. The van der Waals surface area contributed by atoms with Crippen LogP contribution in [0, 0.1) is 17.6 Å². The number of carbonyl (C=O) groups is 1. The van der Waals surface area contributed by atoms with E-state index in [1.54, 1.807) is 0 Å². The molecule has 1 aromatic rings. The van der Waals surface area contributed by atoms with Crippen LogP contribution in [0.5, 0.6) is 0 Å². The average molecular weight is 274 g/mol. The highest BCUT2D eigenvalue weighted by atomic mass is 35.5. The number of hydrogen-bond donors (Lipinski definition) is 1. The van der Waals surface area contributed by atoms with E-state index in [0.717, 1.165) is 31.4 Å². The Morgan fingerprint density at radius 3 is 2.56 bits per heavy atom. The molecule has 2 rings (SSSR count). The predicted molar refractivity (Wildman–Crippen MR) is 65.7 cm³/mol. The van der Waals surface area contributed by atoms with E-state index in [-0.39, 0.29) is 11.3 Å². The van der Waals surface area contributed by atoms with Gasteiger partial charge in [-0.2, -0.15) is 0 Å². The first-order chi connectivity index (χ1) is 8.59. The molecular weight excluding hydrogens is 260 g/mol. The maximum atomic E-state index is 13.4. The summed E-state index contributed by atoms with van der Waals surface area (Å²) in [5.74, 6) is -2.23. The Kier molecular flexibility index (Phi) is 4.17. The van der Waals surface area contributed by atoms with E-state index in [0.29, 0.717) is 6.54 Å². The summed E-state index contributed by atoms with van der Waals surface area (Å²) >= 11 is 6.07. The van der Waals surface area contributed by atoms with Crippen molar-refractivity contribution in [1.82, 2.24) is 5.32 Å². The van der Waals surface area contributed by atoms with E-state index in [2.05, 4.69) is 5.32 Å². The third-order valence-corrected chi connectivity index (χ3v) is 3.86. The molecule has 0 saturated heterocycles. The smallest absolute Gasteiger partial charge is 0.257 e. The highest BCUT2D eigenvalue weighted by Crippen LogP contribution is 2.29. The summed E-state index contributed by atoms with van der Waals surface area (Å²) in [5, 5.41) is 2.59. The third kappa shape index (κ3) is 2.80. The predicted octanol–water partition coefficient (Wildman–Crippen LogP) is 3.10. The topological polar surface area (TPSA) is 29.1 Å². The maximum absolute atomic E-state index is 13.4. The van der Waals surface area contributed by atoms with Crippen LogP contribution in [0.4, 0.5) is 8.78 Å². The van der Waals surface area contributed by atoms with Gasteiger partial charge in [-0.05, 0) is 30.9 Å². The first-order valence-electron chi connectivity index (χ1n) is 5.96. The van der Waals surface area contributed by atoms with Crippen molar-refractivity contribution >= 4 is 17.5 Å². The minimum atomic E-state index is -0.846. The number of benzene rings is 1. The highest BCUT2D eigenvalue weighted by molar-refractivity contribution is 6.21.